The molecule has 0 radical (unpaired) electrons. The molecule has 2 nitrogen and oxygen atoms in total. The predicted octanol–water partition coefficient (Wildman–Crippen LogP) is 4.70. The molecular formula is C17H24O2. The average Bonchev–Trinajstić information content (AvgIpc) is 2.40. The Morgan fingerprint density at radius 3 is 1.95 bits per heavy atom. The first-order valence-corrected chi connectivity index (χ1v) is 6.10. The molecule has 0 aromatic rings. The lowest BCUT2D eigenvalue weighted by Crippen LogP contribution is -1.95. The first-order chi connectivity index (χ1) is 8.87. The van der Waals surface area contributed by atoms with Crippen molar-refractivity contribution in [1.82, 2.24) is 0 Å². The van der Waals surface area contributed by atoms with Gasteiger partial charge in [-0.05, 0) is 47.8 Å². The summed E-state index contributed by atoms with van der Waals surface area (Å²) >= 11 is 0. The summed E-state index contributed by atoms with van der Waals surface area (Å²) in [5, 5.41) is 0. The van der Waals surface area contributed by atoms with Gasteiger partial charge in [-0.3, -0.25) is 0 Å². The molecule has 0 aromatic heterocycles. The van der Waals surface area contributed by atoms with Crippen molar-refractivity contribution in [3.05, 3.63) is 72.3 Å². The van der Waals surface area contributed by atoms with Gasteiger partial charge in [0.15, 0.2) is 0 Å². The standard InChI is InChI=1S/C17H24O2/c1-9-16(11-14(5)18-7)15(6)13(4)10-17(19-8)12(2)3/h10-11H,2,4-6,9H2,1,3,7-8H3/b16-11-,17-10+. The summed E-state index contributed by atoms with van der Waals surface area (Å²) in [7, 11) is 3.20. The molecule has 0 saturated heterocycles. The van der Waals surface area contributed by atoms with Crippen LogP contribution in [0.2, 0.25) is 0 Å². The Hall–Kier alpha value is -1.96. The van der Waals surface area contributed by atoms with E-state index in [-0.39, 0.29) is 0 Å². The maximum absolute atomic E-state index is 5.25. The number of ether oxygens (including phenoxy) is 2. The summed E-state index contributed by atoms with van der Waals surface area (Å²) in [6.07, 6.45) is 4.53. The van der Waals surface area contributed by atoms with Crippen LogP contribution in [-0.2, 0) is 9.47 Å². The molecule has 104 valence electrons. The van der Waals surface area contributed by atoms with Gasteiger partial charge in [0.2, 0.25) is 0 Å². The molecule has 0 saturated carbocycles. The van der Waals surface area contributed by atoms with Gasteiger partial charge >= 0.3 is 0 Å². The summed E-state index contributed by atoms with van der Waals surface area (Å²) in [4.78, 5) is 0. The normalized spacial score (nSPS) is 11.8. The van der Waals surface area contributed by atoms with Crippen LogP contribution in [0.1, 0.15) is 20.3 Å². The fraction of sp³-hybridized carbons (Fsp3) is 0.294. The van der Waals surface area contributed by atoms with Crippen LogP contribution in [0.25, 0.3) is 0 Å². The second-order valence-electron chi connectivity index (χ2n) is 4.19. The lowest BCUT2D eigenvalue weighted by molar-refractivity contribution is 0.301. The smallest absolute Gasteiger partial charge is 0.121 e. The third kappa shape index (κ3) is 5.47. The van der Waals surface area contributed by atoms with Gasteiger partial charge in [0.05, 0.1) is 14.2 Å². The van der Waals surface area contributed by atoms with Crippen molar-refractivity contribution in [3.8, 4) is 0 Å². The Kier molecular flexibility index (Phi) is 7.35. The summed E-state index contributed by atoms with van der Waals surface area (Å²) in [5.74, 6) is 1.30. The number of hydrogen-bond donors (Lipinski definition) is 0. The minimum atomic E-state index is 0.599. The lowest BCUT2D eigenvalue weighted by Gasteiger charge is -2.12. The second kappa shape index (κ2) is 8.20. The van der Waals surface area contributed by atoms with Crippen LogP contribution in [0, 0.1) is 0 Å². The molecule has 0 atom stereocenters. The quantitative estimate of drug-likeness (QED) is 0.465. The van der Waals surface area contributed by atoms with E-state index < -0.39 is 0 Å². The van der Waals surface area contributed by atoms with Crippen LogP contribution in [-0.4, -0.2) is 14.2 Å². The van der Waals surface area contributed by atoms with Crippen LogP contribution in [0.15, 0.2) is 72.3 Å². The molecule has 0 spiro atoms. The van der Waals surface area contributed by atoms with Crippen LogP contribution in [0.4, 0.5) is 0 Å². The molecular weight excluding hydrogens is 236 g/mol. The lowest BCUT2D eigenvalue weighted by atomic mass is 9.97. The van der Waals surface area contributed by atoms with Crippen molar-refractivity contribution in [2.24, 2.45) is 0 Å². The van der Waals surface area contributed by atoms with Crippen molar-refractivity contribution in [2.45, 2.75) is 20.3 Å². The Balaban J connectivity index is 5.19. The zero-order valence-electron chi connectivity index (χ0n) is 12.5. The molecule has 0 fully saturated rings. The maximum Gasteiger partial charge on any atom is 0.121 e. The van der Waals surface area contributed by atoms with Crippen LogP contribution >= 0.6 is 0 Å². The fourth-order valence-electron chi connectivity index (χ4n) is 1.46. The van der Waals surface area contributed by atoms with E-state index >= 15 is 0 Å². The van der Waals surface area contributed by atoms with Gasteiger partial charge in [-0.2, -0.15) is 0 Å². The van der Waals surface area contributed by atoms with Crippen LogP contribution < -0.4 is 0 Å². The highest BCUT2D eigenvalue weighted by molar-refractivity contribution is 5.51. The first kappa shape index (κ1) is 17.0. The zero-order chi connectivity index (χ0) is 15.0. The molecule has 19 heavy (non-hydrogen) atoms. The second-order valence-corrected chi connectivity index (χ2v) is 4.19. The van der Waals surface area contributed by atoms with Gasteiger partial charge in [0, 0.05) is 0 Å². The summed E-state index contributed by atoms with van der Waals surface area (Å²) in [6.45, 7) is 19.7. The molecule has 0 N–H and O–H groups in total. The monoisotopic (exact) mass is 260 g/mol. The molecule has 0 bridgehead atoms. The largest absolute Gasteiger partial charge is 0.497 e. The minimum absolute atomic E-state index is 0.599. The van der Waals surface area contributed by atoms with Crippen molar-refractivity contribution >= 4 is 0 Å². The fourth-order valence-corrected chi connectivity index (χ4v) is 1.46. The number of methoxy groups -OCH3 is 2. The molecule has 2 heteroatoms. The molecule has 0 aromatic carbocycles. The first-order valence-electron chi connectivity index (χ1n) is 6.10. The van der Waals surface area contributed by atoms with Gasteiger partial charge in [-0.1, -0.05) is 33.2 Å². The topological polar surface area (TPSA) is 18.5 Å². The average molecular weight is 260 g/mol. The zero-order valence-corrected chi connectivity index (χ0v) is 12.5. The van der Waals surface area contributed by atoms with E-state index in [1.807, 2.05) is 26.0 Å². The number of rotatable bonds is 8. The van der Waals surface area contributed by atoms with Gasteiger partial charge in [-0.25, -0.2) is 0 Å². The Labute approximate surface area is 117 Å². The Bertz CT molecular complexity index is 448. The highest BCUT2D eigenvalue weighted by Gasteiger charge is 2.06. The number of allylic oxidation sites excluding steroid dienone is 6. The van der Waals surface area contributed by atoms with E-state index in [1.54, 1.807) is 14.2 Å². The number of hydrogen-bond acceptors (Lipinski definition) is 2. The predicted molar refractivity (Wildman–Crippen MR) is 82.7 cm³/mol. The van der Waals surface area contributed by atoms with Crippen molar-refractivity contribution in [2.75, 3.05) is 14.2 Å². The highest BCUT2D eigenvalue weighted by atomic mass is 16.5. The Morgan fingerprint density at radius 1 is 1.00 bits per heavy atom. The molecule has 0 rings (SSSR count). The molecule has 0 unspecified atom stereocenters. The molecule has 0 heterocycles. The van der Waals surface area contributed by atoms with Crippen molar-refractivity contribution < 1.29 is 9.47 Å². The minimum Gasteiger partial charge on any atom is -0.497 e. The molecule has 0 amide bonds. The van der Waals surface area contributed by atoms with E-state index in [0.717, 1.165) is 28.7 Å². The maximum atomic E-state index is 5.25. The molecule has 0 aliphatic carbocycles. The van der Waals surface area contributed by atoms with Crippen LogP contribution in [0.3, 0.4) is 0 Å². The summed E-state index contributed by atoms with van der Waals surface area (Å²) in [5.41, 5.74) is 3.51. The van der Waals surface area contributed by atoms with Gasteiger partial charge in [0.25, 0.3) is 0 Å². The highest BCUT2D eigenvalue weighted by Crippen LogP contribution is 2.23. The van der Waals surface area contributed by atoms with E-state index in [2.05, 4.69) is 26.3 Å². The van der Waals surface area contributed by atoms with Crippen molar-refractivity contribution in [3.63, 3.8) is 0 Å². The van der Waals surface area contributed by atoms with Gasteiger partial charge < -0.3 is 9.47 Å². The van der Waals surface area contributed by atoms with Crippen LogP contribution in [0.5, 0.6) is 0 Å². The summed E-state index contributed by atoms with van der Waals surface area (Å²) in [6, 6.07) is 0. The summed E-state index contributed by atoms with van der Waals surface area (Å²) < 4.78 is 10.3. The third-order valence-corrected chi connectivity index (χ3v) is 2.70. The molecule has 0 aliphatic heterocycles. The molecule has 0 aliphatic rings. The SMILES string of the molecule is C=C(/C=C(/CC)C(=C)C(=C)/C=C(/OC)C(=C)C)OC. The van der Waals surface area contributed by atoms with E-state index in [0.29, 0.717) is 11.5 Å². The van der Waals surface area contributed by atoms with E-state index in [4.69, 9.17) is 9.47 Å². The Morgan fingerprint density at radius 2 is 1.58 bits per heavy atom. The van der Waals surface area contributed by atoms with E-state index in [1.165, 1.54) is 0 Å². The van der Waals surface area contributed by atoms with Gasteiger partial charge in [0.1, 0.15) is 11.5 Å². The third-order valence-electron chi connectivity index (χ3n) is 2.70. The van der Waals surface area contributed by atoms with Gasteiger partial charge in [-0.15, -0.1) is 0 Å². The van der Waals surface area contributed by atoms with Crippen molar-refractivity contribution in [1.29, 1.82) is 0 Å². The van der Waals surface area contributed by atoms with E-state index in [9.17, 15) is 0 Å².